The van der Waals surface area contributed by atoms with Crippen molar-refractivity contribution in [3.63, 3.8) is 0 Å². The number of methoxy groups -OCH3 is 2. The molecule has 1 heterocycles. The Morgan fingerprint density at radius 2 is 1.68 bits per heavy atom. The molecule has 130 valence electrons. The van der Waals surface area contributed by atoms with Crippen molar-refractivity contribution in [2.24, 2.45) is 5.92 Å². The fourth-order valence-corrected chi connectivity index (χ4v) is 3.37. The second-order valence-electron chi connectivity index (χ2n) is 6.10. The molecule has 0 bridgehead atoms. The van der Waals surface area contributed by atoms with E-state index in [-0.39, 0.29) is 11.8 Å². The standard InChI is InChI=1S/C20H21NO4/c1-13(14-7-5-4-6-8-14)17-18(20(23)25-3)21(19(17)22)15-9-11-16(24-2)12-10-15/h4-13,17-18H,1-3H3/t13-,17+,18+/m1/s1. The van der Waals surface area contributed by atoms with Crippen molar-refractivity contribution in [1.82, 2.24) is 0 Å². The molecule has 0 saturated carbocycles. The first-order valence-electron chi connectivity index (χ1n) is 8.18. The second-order valence-corrected chi connectivity index (χ2v) is 6.10. The lowest BCUT2D eigenvalue weighted by Crippen LogP contribution is -2.66. The molecule has 0 spiro atoms. The minimum Gasteiger partial charge on any atom is -0.497 e. The quantitative estimate of drug-likeness (QED) is 0.621. The van der Waals surface area contributed by atoms with Crippen molar-refractivity contribution < 1.29 is 19.1 Å². The molecule has 2 aromatic carbocycles. The number of nitrogens with zero attached hydrogens (tertiary/aromatic N) is 1. The van der Waals surface area contributed by atoms with Gasteiger partial charge in [-0.2, -0.15) is 0 Å². The van der Waals surface area contributed by atoms with Crippen LogP contribution >= 0.6 is 0 Å². The zero-order chi connectivity index (χ0) is 18.0. The van der Waals surface area contributed by atoms with E-state index in [1.54, 1.807) is 31.4 Å². The smallest absolute Gasteiger partial charge is 0.329 e. The van der Waals surface area contributed by atoms with E-state index >= 15 is 0 Å². The van der Waals surface area contributed by atoms with Gasteiger partial charge in [-0.3, -0.25) is 9.69 Å². The summed E-state index contributed by atoms with van der Waals surface area (Å²) in [7, 11) is 2.93. The number of anilines is 1. The van der Waals surface area contributed by atoms with E-state index in [0.717, 1.165) is 5.56 Å². The average Bonchev–Trinajstić information content (AvgIpc) is 2.66. The molecule has 0 N–H and O–H groups in total. The van der Waals surface area contributed by atoms with Crippen LogP contribution < -0.4 is 9.64 Å². The zero-order valence-electron chi connectivity index (χ0n) is 14.5. The van der Waals surface area contributed by atoms with Crippen LogP contribution in [0.15, 0.2) is 54.6 Å². The van der Waals surface area contributed by atoms with Crippen molar-refractivity contribution in [3.05, 3.63) is 60.2 Å². The highest BCUT2D eigenvalue weighted by Crippen LogP contribution is 2.41. The summed E-state index contributed by atoms with van der Waals surface area (Å²) in [5, 5.41) is 0. The summed E-state index contributed by atoms with van der Waals surface area (Å²) in [6.45, 7) is 1.97. The Morgan fingerprint density at radius 1 is 1.04 bits per heavy atom. The molecule has 1 amide bonds. The van der Waals surface area contributed by atoms with Crippen molar-refractivity contribution in [2.45, 2.75) is 18.9 Å². The van der Waals surface area contributed by atoms with E-state index in [1.165, 1.54) is 12.0 Å². The van der Waals surface area contributed by atoms with Crippen LogP contribution in [0.5, 0.6) is 5.75 Å². The van der Waals surface area contributed by atoms with E-state index < -0.39 is 17.9 Å². The van der Waals surface area contributed by atoms with Crippen LogP contribution in [0.3, 0.4) is 0 Å². The van der Waals surface area contributed by atoms with Gasteiger partial charge in [-0.1, -0.05) is 37.3 Å². The highest BCUT2D eigenvalue weighted by atomic mass is 16.5. The summed E-state index contributed by atoms with van der Waals surface area (Å²) < 4.78 is 10.1. The van der Waals surface area contributed by atoms with Gasteiger partial charge in [-0.05, 0) is 35.7 Å². The predicted octanol–water partition coefficient (Wildman–Crippen LogP) is 3.00. The van der Waals surface area contributed by atoms with Gasteiger partial charge in [-0.25, -0.2) is 4.79 Å². The molecule has 1 aliphatic heterocycles. The number of esters is 1. The molecule has 2 aromatic rings. The second kappa shape index (κ2) is 6.97. The number of rotatable bonds is 5. The SMILES string of the molecule is COC(=O)[C@@H]1[C@H]([C@H](C)c2ccccc2)C(=O)N1c1ccc(OC)cc1. The molecule has 5 heteroatoms. The number of hydrogen-bond donors (Lipinski definition) is 0. The van der Waals surface area contributed by atoms with E-state index in [1.807, 2.05) is 37.3 Å². The average molecular weight is 339 g/mol. The van der Waals surface area contributed by atoms with Gasteiger partial charge in [-0.15, -0.1) is 0 Å². The van der Waals surface area contributed by atoms with Gasteiger partial charge in [0.25, 0.3) is 0 Å². The molecule has 0 aromatic heterocycles. The third-order valence-electron chi connectivity index (χ3n) is 4.80. The zero-order valence-corrected chi connectivity index (χ0v) is 14.5. The van der Waals surface area contributed by atoms with Crippen LogP contribution in [0.4, 0.5) is 5.69 Å². The fraction of sp³-hybridized carbons (Fsp3) is 0.300. The van der Waals surface area contributed by atoms with Crippen LogP contribution in [0, 0.1) is 5.92 Å². The summed E-state index contributed by atoms with van der Waals surface area (Å²) in [4.78, 5) is 26.7. The minimum atomic E-state index is -0.624. The third kappa shape index (κ3) is 2.97. The molecule has 25 heavy (non-hydrogen) atoms. The Kier molecular flexibility index (Phi) is 4.74. The highest BCUT2D eigenvalue weighted by Gasteiger charge is 2.55. The maximum Gasteiger partial charge on any atom is 0.329 e. The van der Waals surface area contributed by atoms with Crippen LogP contribution in [0.1, 0.15) is 18.4 Å². The molecular formula is C20H21NO4. The Labute approximate surface area is 147 Å². The van der Waals surface area contributed by atoms with E-state index in [0.29, 0.717) is 11.4 Å². The number of benzene rings is 2. The molecule has 0 aliphatic carbocycles. The molecular weight excluding hydrogens is 318 g/mol. The van der Waals surface area contributed by atoms with Gasteiger partial charge < -0.3 is 9.47 Å². The lowest BCUT2D eigenvalue weighted by molar-refractivity contribution is -0.152. The lowest BCUT2D eigenvalue weighted by atomic mass is 9.74. The Balaban J connectivity index is 1.90. The van der Waals surface area contributed by atoms with Crippen molar-refractivity contribution in [3.8, 4) is 5.75 Å². The maximum absolute atomic E-state index is 12.8. The molecule has 3 atom stereocenters. The van der Waals surface area contributed by atoms with E-state index in [9.17, 15) is 9.59 Å². The molecule has 1 aliphatic rings. The first-order chi connectivity index (χ1) is 12.1. The van der Waals surface area contributed by atoms with E-state index in [2.05, 4.69) is 0 Å². The molecule has 1 fully saturated rings. The maximum atomic E-state index is 12.8. The summed E-state index contributed by atoms with van der Waals surface area (Å²) >= 11 is 0. The largest absolute Gasteiger partial charge is 0.497 e. The minimum absolute atomic E-state index is 0.0723. The number of carbonyl (C=O) groups excluding carboxylic acids is 2. The fourth-order valence-electron chi connectivity index (χ4n) is 3.37. The van der Waals surface area contributed by atoms with Gasteiger partial charge >= 0.3 is 5.97 Å². The number of amides is 1. The number of hydrogen-bond acceptors (Lipinski definition) is 4. The van der Waals surface area contributed by atoms with Crippen molar-refractivity contribution in [2.75, 3.05) is 19.1 Å². The van der Waals surface area contributed by atoms with Crippen molar-refractivity contribution in [1.29, 1.82) is 0 Å². The Bertz CT molecular complexity index is 757. The summed E-state index contributed by atoms with van der Waals surface area (Å²) in [5.41, 5.74) is 1.70. The Morgan fingerprint density at radius 3 is 2.24 bits per heavy atom. The third-order valence-corrected chi connectivity index (χ3v) is 4.80. The summed E-state index contributed by atoms with van der Waals surface area (Å²) in [5.74, 6) is -0.287. The molecule has 0 radical (unpaired) electrons. The van der Waals surface area contributed by atoms with E-state index in [4.69, 9.17) is 9.47 Å². The first-order valence-corrected chi connectivity index (χ1v) is 8.18. The monoisotopic (exact) mass is 339 g/mol. The number of β-lactam (4-membered cyclic amide) rings is 1. The van der Waals surface area contributed by atoms with Gasteiger partial charge in [0, 0.05) is 5.69 Å². The Hall–Kier alpha value is -2.82. The van der Waals surface area contributed by atoms with Gasteiger partial charge in [0.05, 0.1) is 20.1 Å². The van der Waals surface area contributed by atoms with Gasteiger partial charge in [0.2, 0.25) is 5.91 Å². The predicted molar refractivity (Wildman–Crippen MR) is 94.6 cm³/mol. The number of ether oxygens (including phenoxy) is 2. The normalized spacial score (nSPS) is 20.6. The molecule has 3 rings (SSSR count). The summed E-state index contributed by atoms with van der Waals surface area (Å²) in [6.07, 6.45) is 0. The first kappa shape index (κ1) is 17.0. The van der Waals surface area contributed by atoms with Crippen molar-refractivity contribution >= 4 is 17.6 Å². The highest BCUT2D eigenvalue weighted by molar-refractivity contribution is 6.11. The van der Waals surface area contributed by atoms with Crippen LogP contribution in [-0.2, 0) is 14.3 Å². The van der Waals surface area contributed by atoms with Crippen LogP contribution in [0.2, 0.25) is 0 Å². The molecule has 5 nitrogen and oxygen atoms in total. The lowest BCUT2D eigenvalue weighted by Gasteiger charge is -2.47. The van der Waals surface area contributed by atoms with Gasteiger partial charge in [0.1, 0.15) is 11.8 Å². The van der Waals surface area contributed by atoms with Crippen LogP contribution in [-0.4, -0.2) is 32.1 Å². The van der Waals surface area contributed by atoms with Gasteiger partial charge in [0.15, 0.2) is 0 Å². The number of carbonyl (C=O) groups is 2. The molecule has 0 unspecified atom stereocenters. The molecule has 1 saturated heterocycles. The van der Waals surface area contributed by atoms with Crippen LogP contribution in [0.25, 0.3) is 0 Å². The topological polar surface area (TPSA) is 55.8 Å². The summed E-state index contributed by atoms with van der Waals surface area (Å²) in [6, 6.07) is 16.2.